The molecule has 0 saturated carbocycles. The predicted octanol–water partition coefficient (Wildman–Crippen LogP) is 5.50. The molecule has 32 heavy (non-hydrogen) atoms. The molecule has 186 valence electrons. The third-order valence-corrected chi connectivity index (χ3v) is 5.92. The Kier molecular flexibility index (Phi) is 19.7. The Labute approximate surface area is 193 Å². The maximum absolute atomic E-state index is 12.0. The average molecular weight is 456 g/mol. The summed E-state index contributed by atoms with van der Waals surface area (Å²) >= 11 is 0. The van der Waals surface area contributed by atoms with Gasteiger partial charge in [0.2, 0.25) is 5.91 Å². The lowest BCUT2D eigenvalue weighted by Gasteiger charge is -2.11. The van der Waals surface area contributed by atoms with Crippen molar-refractivity contribution in [2.45, 2.75) is 122 Å². The molecule has 1 unspecified atom stereocenters. The van der Waals surface area contributed by atoms with Crippen LogP contribution in [0, 0.1) is 5.92 Å². The fraction of sp³-hybridized carbons (Fsp3) is 0.840. The quantitative estimate of drug-likeness (QED) is 0.175. The summed E-state index contributed by atoms with van der Waals surface area (Å²) in [6.07, 6.45) is 16.9. The topological polar surface area (TPSA) is 121 Å². The van der Waals surface area contributed by atoms with Gasteiger partial charge >= 0.3 is 11.9 Å². The molecule has 0 spiro atoms. The molecule has 7 heteroatoms. The molecule has 0 aliphatic rings. The fourth-order valence-electron chi connectivity index (χ4n) is 3.84. The van der Waals surface area contributed by atoms with E-state index in [2.05, 4.69) is 5.32 Å². The molecule has 1 amide bonds. The Morgan fingerprint density at radius 2 is 1.03 bits per heavy atom. The first-order chi connectivity index (χ1) is 15.4. The Balaban J connectivity index is 3.48. The van der Waals surface area contributed by atoms with Crippen LogP contribution in [0.2, 0.25) is 0 Å². The van der Waals surface area contributed by atoms with Crippen LogP contribution in [0.4, 0.5) is 0 Å². The zero-order valence-electron chi connectivity index (χ0n) is 20.0. The van der Waals surface area contributed by atoms with E-state index in [4.69, 9.17) is 5.11 Å². The Morgan fingerprint density at radius 1 is 0.625 bits per heavy atom. The number of rotatable bonds is 23. The minimum atomic E-state index is -1.00. The fourth-order valence-corrected chi connectivity index (χ4v) is 3.84. The molecule has 0 heterocycles. The lowest BCUT2D eigenvalue weighted by atomic mass is 9.94. The number of Topliss-reactive ketones (excluding diaryl/α,β-unsaturated/α-hetero) is 1. The van der Waals surface area contributed by atoms with Gasteiger partial charge in [-0.05, 0) is 19.3 Å². The van der Waals surface area contributed by atoms with Gasteiger partial charge in [0, 0.05) is 32.7 Å². The second-order valence-electron chi connectivity index (χ2n) is 8.83. The van der Waals surface area contributed by atoms with Gasteiger partial charge in [-0.3, -0.25) is 19.2 Å². The van der Waals surface area contributed by atoms with E-state index in [1.54, 1.807) is 0 Å². The summed E-state index contributed by atoms with van der Waals surface area (Å²) < 4.78 is 0. The van der Waals surface area contributed by atoms with Crippen LogP contribution in [0.3, 0.4) is 0 Å². The summed E-state index contributed by atoms with van der Waals surface area (Å²) in [6, 6.07) is 0. The first-order valence-electron chi connectivity index (χ1n) is 12.5. The van der Waals surface area contributed by atoms with Gasteiger partial charge in [0.1, 0.15) is 5.78 Å². The number of unbranched alkanes of at least 4 members (excludes halogenated alkanes) is 13. The highest BCUT2D eigenvalue weighted by atomic mass is 16.4. The van der Waals surface area contributed by atoms with E-state index in [1.165, 1.54) is 58.4 Å². The van der Waals surface area contributed by atoms with Gasteiger partial charge in [-0.15, -0.1) is 0 Å². The third-order valence-electron chi connectivity index (χ3n) is 5.92. The van der Waals surface area contributed by atoms with Crippen LogP contribution < -0.4 is 5.32 Å². The predicted molar refractivity (Wildman–Crippen MR) is 126 cm³/mol. The lowest BCUT2D eigenvalue weighted by molar-refractivity contribution is -0.144. The van der Waals surface area contributed by atoms with Gasteiger partial charge in [0.05, 0.1) is 5.92 Å². The zero-order valence-corrected chi connectivity index (χ0v) is 20.0. The van der Waals surface area contributed by atoms with Crippen LogP contribution >= 0.6 is 0 Å². The number of carbonyl (C=O) groups is 4. The third kappa shape index (κ3) is 20.0. The van der Waals surface area contributed by atoms with E-state index < -0.39 is 17.9 Å². The molecular formula is C25H45NO6. The average Bonchev–Trinajstić information content (AvgIpc) is 2.75. The largest absolute Gasteiger partial charge is 0.481 e. The van der Waals surface area contributed by atoms with Crippen LogP contribution in [0.15, 0.2) is 0 Å². The van der Waals surface area contributed by atoms with Crippen molar-refractivity contribution in [1.29, 1.82) is 0 Å². The summed E-state index contributed by atoms with van der Waals surface area (Å²) in [5.74, 6) is -2.68. The monoisotopic (exact) mass is 455 g/mol. The highest BCUT2D eigenvalue weighted by Gasteiger charge is 2.21. The van der Waals surface area contributed by atoms with Crippen molar-refractivity contribution in [2.75, 3.05) is 7.05 Å². The summed E-state index contributed by atoms with van der Waals surface area (Å²) in [7, 11) is 1.51. The minimum Gasteiger partial charge on any atom is -0.481 e. The molecule has 0 rings (SSSR count). The van der Waals surface area contributed by atoms with Crippen LogP contribution in [0.25, 0.3) is 0 Å². The van der Waals surface area contributed by atoms with Crippen molar-refractivity contribution in [3.05, 3.63) is 0 Å². The van der Waals surface area contributed by atoms with Crippen molar-refractivity contribution in [1.82, 2.24) is 5.32 Å². The maximum atomic E-state index is 12.0. The van der Waals surface area contributed by atoms with E-state index in [9.17, 15) is 24.3 Å². The van der Waals surface area contributed by atoms with Crippen LogP contribution in [-0.4, -0.2) is 40.9 Å². The summed E-state index contributed by atoms with van der Waals surface area (Å²) in [6.45, 7) is 0. The van der Waals surface area contributed by atoms with Crippen LogP contribution in [-0.2, 0) is 19.2 Å². The van der Waals surface area contributed by atoms with Crippen molar-refractivity contribution in [3.63, 3.8) is 0 Å². The molecule has 0 aromatic carbocycles. The highest BCUT2D eigenvalue weighted by molar-refractivity contribution is 5.84. The van der Waals surface area contributed by atoms with E-state index >= 15 is 0 Å². The molecule has 0 fully saturated rings. The smallest absolute Gasteiger partial charge is 0.306 e. The molecule has 0 aromatic heterocycles. The standard InChI is InChI=1S/C25H45NO6/c1-26-23(28)19-18-21(25(31)32)20-22(27)16-14-12-10-8-6-4-2-3-5-7-9-11-13-15-17-24(29)30/h21H,2-20H2,1H3,(H,26,28)(H,29,30)(H,31,32). The second-order valence-corrected chi connectivity index (χ2v) is 8.83. The zero-order chi connectivity index (χ0) is 24.0. The van der Waals surface area contributed by atoms with Gasteiger partial charge in [-0.1, -0.05) is 77.0 Å². The van der Waals surface area contributed by atoms with Gasteiger partial charge in [0.25, 0.3) is 0 Å². The van der Waals surface area contributed by atoms with Crippen molar-refractivity contribution < 1.29 is 29.4 Å². The van der Waals surface area contributed by atoms with Gasteiger partial charge in [0.15, 0.2) is 0 Å². The summed E-state index contributed by atoms with van der Waals surface area (Å²) in [4.78, 5) is 45.0. The molecule has 0 radical (unpaired) electrons. The molecular weight excluding hydrogens is 410 g/mol. The van der Waals surface area contributed by atoms with Gasteiger partial charge < -0.3 is 15.5 Å². The molecule has 1 atom stereocenters. The van der Waals surface area contributed by atoms with Gasteiger partial charge in [-0.2, -0.15) is 0 Å². The molecule has 0 bridgehead atoms. The number of amides is 1. The van der Waals surface area contributed by atoms with Crippen molar-refractivity contribution in [2.24, 2.45) is 5.92 Å². The highest BCUT2D eigenvalue weighted by Crippen LogP contribution is 2.16. The van der Waals surface area contributed by atoms with Crippen LogP contribution in [0.5, 0.6) is 0 Å². The summed E-state index contributed by atoms with van der Waals surface area (Å²) in [5, 5.41) is 20.3. The Morgan fingerprint density at radius 3 is 1.41 bits per heavy atom. The first kappa shape index (κ1) is 30.1. The van der Waals surface area contributed by atoms with Crippen LogP contribution in [0.1, 0.15) is 122 Å². The Hall–Kier alpha value is -1.92. The number of hydrogen-bond acceptors (Lipinski definition) is 4. The number of ketones is 1. The first-order valence-corrected chi connectivity index (χ1v) is 12.5. The van der Waals surface area contributed by atoms with Crippen molar-refractivity contribution >= 4 is 23.6 Å². The van der Waals surface area contributed by atoms with E-state index in [0.717, 1.165) is 38.5 Å². The number of carbonyl (C=O) groups excluding carboxylic acids is 2. The lowest BCUT2D eigenvalue weighted by Crippen LogP contribution is -2.23. The second kappa shape index (κ2) is 21.0. The minimum absolute atomic E-state index is 0.0174. The van der Waals surface area contributed by atoms with E-state index in [0.29, 0.717) is 12.8 Å². The van der Waals surface area contributed by atoms with E-state index in [-0.39, 0.29) is 31.0 Å². The van der Waals surface area contributed by atoms with Gasteiger partial charge in [-0.25, -0.2) is 0 Å². The maximum Gasteiger partial charge on any atom is 0.306 e. The Bertz CT molecular complexity index is 535. The number of carboxylic acids is 2. The number of nitrogens with one attached hydrogen (secondary N) is 1. The molecule has 0 aliphatic carbocycles. The number of aliphatic carboxylic acids is 2. The normalized spacial score (nSPS) is 11.8. The summed E-state index contributed by atoms with van der Waals surface area (Å²) in [5.41, 5.74) is 0. The van der Waals surface area contributed by atoms with Crippen molar-refractivity contribution in [3.8, 4) is 0 Å². The number of carboxylic acid groups (broad SMARTS) is 2. The van der Waals surface area contributed by atoms with E-state index in [1.807, 2.05) is 0 Å². The molecule has 0 aromatic rings. The number of hydrogen-bond donors (Lipinski definition) is 3. The molecule has 3 N–H and O–H groups in total. The molecule has 7 nitrogen and oxygen atoms in total. The SMILES string of the molecule is CNC(=O)CCC(CC(=O)CCCCCCCCCCCCCCCCC(=O)O)C(=O)O. The molecule has 0 saturated heterocycles. The molecule has 0 aliphatic heterocycles.